The van der Waals surface area contributed by atoms with E-state index in [2.05, 4.69) is 12.2 Å². The Morgan fingerprint density at radius 3 is 2.35 bits per heavy atom. The van der Waals surface area contributed by atoms with E-state index in [1.807, 2.05) is 0 Å². The monoisotopic (exact) mass is 358 g/mol. The first-order chi connectivity index (χ1) is 12.5. The molecule has 3 amide bonds. The molecule has 0 aromatic heterocycles. The number of rotatable bonds is 5. The van der Waals surface area contributed by atoms with Gasteiger partial charge in [0.2, 0.25) is 0 Å². The van der Waals surface area contributed by atoms with Crippen LogP contribution >= 0.6 is 0 Å². The lowest BCUT2D eigenvalue weighted by atomic mass is 9.86. The summed E-state index contributed by atoms with van der Waals surface area (Å²) in [6, 6.07) is 6.50. The van der Waals surface area contributed by atoms with Crippen LogP contribution in [0.4, 0.5) is 0 Å². The first kappa shape index (κ1) is 18.1. The van der Waals surface area contributed by atoms with Gasteiger partial charge in [-0.1, -0.05) is 31.9 Å². The summed E-state index contributed by atoms with van der Waals surface area (Å²) in [7, 11) is 0. The summed E-state index contributed by atoms with van der Waals surface area (Å²) in [5, 5.41) is 2.89. The summed E-state index contributed by atoms with van der Waals surface area (Å²) in [5.74, 6) is -1.79. The molecule has 0 unspecified atom stereocenters. The Kier molecular flexibility index (Phi) is 5.35. The summed E-state index contributed by atoms with van der Waals surface area (Å²) in [5.41, 5.74) is 0.545. The van der Waals surface area contributed by atoms with Gasteiger partial charge >= 0.3 is 5.97 Å². The fraction of sp³-hybridized carbons (Fsp3) is 0.474. The van der Waals surface area contributed by atoms with Crippen LogP contribution < -0.4 is 5.32 Å². The molecule has 7 nitrogen and oxygen atoms in total. The summed E-state index contributed by atoms with van der Waals surface area (Å²) < 4.78 is 4.94. The van der Waals surface area contributed by atoms with Crippen LogP contribution in [-0.4, -0.2) is 47.8 Å². The van der Waals surface area contributed by atoms with Crippen LogP contribution in [-0.2, 0) is 14.3 Å². The number of carbonyl (C=O) groups excluding carboxylic acids is 4. The van der Waals surface area contributed by atoms with Gasteiger partial charge in [0.25, 0.3) is 17.7 Å². The largest absolute Gasteiger partial charge is 0.454 e. The maximum absolute atomic E-state index is 12.2. The SMILES string of the molecule is C[C@H]1CCCC[C@@H]1NC(=O)COC(=O)CN1C(=O)c2ccccc2C1=O. The Balaban J connectivity index is 1.48. The lowest BCUT2D eigenvalue weighted by Gasteiger charge is -2.29. The highest BCUT2D eigenvalue weighted by molar-refractivity contribution is 6.22. The zero-order chi connectivity index (χ0) is 18.7. The molecule has 1 aliphatic carbocycles. The first-order valence-electron chi connectivity index (χ1n) is 8.87. The highest BCUT2D eigenvalue weighted by Crippen LogP contribution is 2.24. The molecular formula is C19H22N2O5. The summed E-state index contributed by atoms with van der Waals surface area (Å²) in [4.78, 5) is 49.2. The van der Waals surface area contributed by atoms with E-state index >= 15 is 0 Å². The molecule has 2 atom stereocenters. The third kappa shape index (κ3) is 3.76. The Morgan fingerprint density at radius 2 is 1.73 bits per heavy atom. The second kappa shape index (κ2) is 7.68. The summed E-state index contributed by atoms with van der Waals surface area (Å²) >= 11 is 0. The van der Waals surface area contributed by atoms with Crippen LogP contribution in [0.25, 0.3) is 0 Å². The van der Waals surface area contributed by atoms with E-state index in [0.717, 1.165) is 24.2 Å². The molecule has 1 aromatic carbocycles. The van der Waals surface area contributed by atoms with Crippen molar-refractivity contribution in [3.8, 4) is 0 Å². The molecule has 0 spiro atoms. The number of hydrogen-bond acceptors (Lipinski definition) is 5. The second-order valence-electron chi connectivity index (χ2n) is 6.84. The molecule has 1 aliphatic heterocycles. The number of nitrogens with one attached hydrogen (secondary N) is 1. The molecule has 3 rings (SSSR count). The number of esters is 1. The van der Waals surface area contributed by atoms with E-state index in [9.17, 15) is 19.2 Å². The number of nitrogens with zero attached hydrogens (tertiary/aromatic N) is 1. The van der Waals surface area contributed by atoms with Crippen molar-refractivity contribution in [2.75, 3.05) is 13.2 Å². The minimum Gasteiger partial charge on any atom is -0.454 e. The van der Waals surface area contributed by atoms with E-state index in [1.54, 1.807) is 24.3 Å². The van der Waals surface area contributed by atoms with Gasteiger partial charge in [-0.25, -0.2) is 0 Å². The van der Waals surface area contributed by atoms with Gasteiger partial charge in [-0.2, -0.15) is 0 Å². The van der Waals surface area contributed by atoms with Crippen molar-refractivity contribution in [2.24, 2.45) is 5.92 Å². The first-order valence-corrected chi connectivity index (χ1v) is 8.87. The lowest BCUT2D eigenvalue weighted by molar-refractivity contribution is -0.149. The van der Waals surface area contributed by atoms with Gasteiger partial charge in [0.1, 0.15) is 6.54 Å². The van der Waals surface area contributed by atoms with Crippen molar-refractivity contribution in [1.29, 1.82) is 0 Å². The smallest absolute Gasteiger partial charge is 0.326 e. The van der Waals surface area contributed by atoms with Gasteiger partial charge in [0.05, 0.1) is 11.1 Å². The van der Waals surface area contributed by atoms with Crippen molar-refractivity contribution in [2.45, 2.75) is 38.6 Å². The van der Waals surface area contributed by atoms with Crippen molar-refractivity contribution in [3.63, 3.8) is 0 Å². The van der Waals surface area contributed by atoms with Gasteiger partial charge < -0.3 is 10.1 Å². The van der Waals surface area contributed by atoms with Gasteiger partial charge in [-0.05, 0) is 30.9 Å². The van der Waals surface area contributed by atoms with Crippen molar-refractivity contribution < 1.29 is 23.9 Å². The molecule has 138 valence electrons. The molecule has 0 saturated heterocycles. The van der Waals surface area contributed by atoms with Crippen LogP contribution in [0.2, 0.25) is 0 Å². The predicted molar refractivity (Wildman–Crippen MR) is 92.3 cm³/mol. The number of fused-ring (bicyclic) bond motifs is 1. The zero-order valence-electron chi connectivity index (χ0n) is 14.7. The number of ether oxygens (including phenoxy) is 1. The summed E-state index contributed by atoms with van der Waals surface area (Å²) in [6.07, 6.45) is 4.25. The van der Waals surface area contributed by atoms with Crippen LogP contribution in [0.1, 0.15) is 53.3 Å². The minimum atomic E-state index is -0.786. The topological polar surface area (TPSA) is 92.8 Å². The Morgan fingerprint density at radius 1 is 1.12 bits per heavy atom. The Bertz CT molecular complexity index is 710. The van der Waals surface area contributed by atoms with E-state index in [1.165, 1.54) is 6.42 Å². The van der Waals surface area contributed by atoms with Crippen LogP contribution in [0.5, 0.6) is 0 Å². The lowest BCUT2D eigenvalue weighted by Crippen LogP contribution is -2.43. The molecule has 2 aliphatic rings. The van der Waals surface area contributed by atoms with E-state index in [-0.39, 0.29) is 23.1 Å². The van der Waals surface area contributed by atoms with Crippen molar-refractivity contribution >= 4 is 23.7 Å². The molecule has 1 heterocycles. The maximum Gasteiger partial charge on any atom is 0.326 e. The third-order valence-corrected chi connectivity index (χ3v) is 4.99. The van der Waals surface area contributed by atoms with Gasteiger partial charge in [0.15, 0.2) is 6.61 Å². The zero-order valence-corrected chi connectivity index (χ0v) is 14.7. The van der Waals surface area contributed by atoms with Crippen LogP contribution in [0.15, 0.2) is 24.3 Å². The summed E-state index contributed by atoms with van der Waals surface area (Å²) in [6.45, 7) is 1.18. The fourth-order valence-electron chi connectivity index (χ4n) is 3.48. The quantitative estimate of drug-likeness (QED) is 0.636. The van der Waals surface area contributed by atoms with Crippen LogP contribution in [0.3, 0.4) is 0 Å². The van der Waals surface area contributed by atoms with E-state index in [4.69, 9.17) is 4.74 Å². The van der Waals surface area contributed by atoms with E-state index in [0.29, 0.717) is 5.92 Å². The number of imide groups is 1. The molecule has 1 fully saturated rings. The number of carbonyl (C=O) groups is 4. The average Bonchev–Trinajstić information content (AvgIpc) is 2.87. The molecule has 0 radical (unpaired) electrons. The maximum atomic E-state index is 12.2. The number of hydrogen-bond donors (Lipinski definition) is 1. The molecule has 0 bridgehead atoms. The normalized spacial score (nSPS) is 22.1. The molecule has 1 aromatic rings. The molecule has 1 saturated carbocycles. The van der Waals surface area contributed by atoms with Gasteiger partial charge in [-0.3, -0.25) is 24.1 Å². The molecule has 7 heteroatoms. The molecule has 1 N–H and O–H groups in total. The van der Waals surface area contributed by atoms with Crippen molar-refractivity contribution in [1.82, 2.24) is 10.2 Å². The number of amides is 3. The second-order valence-corrected chi connectivity index (χ2v) is 6.84. The average molecular weight is 358 g/mol. The third-order valence-electron chi connectivity index (χ3n) is 4.99. The highest BCUT2D eigenvalue weighted by Gasteiger charge is 2.36. The standard InChI is InChI=1S/C19H22N2O5/c1-12-6-2-5-9-15(12)20-16(22)11-26-17(23)10-21-18(24)13-7-3-4-8-14(13)19(21)25/h3-4,7-8,12,15H,2,5-6,9-11H2,1H3,(H,20,22)/t12-,15-/m0/s1. The fourth-order valence-corrected chi connectivity index (χ4v) is 3.48. The van der Waals surface area contributed by atoms with E-state index < -0.39 is 30.9 Å². The number of benzene rings is 1. The Labute approximate surface area is 151 Å². The highest BCUT2D eigenvalue weighted by atomic mass is 16.5. The Hall–Kier alpha value is -2.70. The van der Waals surface area contributed by atoms with Gasteiger partial charge in [-0.15, -0.1) is 0 Å². The van der Waals surface area contributed by atoms with Gasteiger partial charge in [0, 0.05) is 6.04 Å². The van der Waals surface area contributed by atoms with Crippen LogP contribution in [0, 0.1) is 5.92 Å². The molecule has 26 heavy (non-hydrogen) atoms. The predicted octanol–water partition coefficient (Wildman–Crippen LogP) is 1.52. The van der Waals surface area contributed by atoms with Crippen molar-refractivity contribution in [3.05, 3.63) is 35.4 Å². The minimum absolute atomic E-state index is 0.103. The molecular weight excluding hydrogens is 336 g/mol.